The number of unbranched alkanes of at least 4 members (excludes halogenated alkanes) is 1. The standard InChI is InChI=1S/C28H32N2O2/c1-4-21(2)22-11-17-25(18-12-22)32-20-8-7-19-30-27-10-6-5-9-26(27)29-28(30)23-13-15-24(31-3)16-14-23/h5-6,9-18,21H,4,7-8,19-20H2,1-3H3. The number of ether oxygens (including phenoxy) is 2. The summed E-state index contributed by atoms with van der Waals surface area (Å²) in [6, 6.07) is 25.0. The van der Waals surface area contributed by atoms with E-state index in [1.54, 1.807) is 7.11 Å². The number of benzene rings is 3. The minimum Gasteiger partial charge on any atom is -0.497 e. The first-order chi connectivity index (χ1) is 15.7. The summed E-state index contributed by atoms with van der Waals surface area (Å²) in [6.45, 7) is 6.10. The Labute approximate surface area is 190 Å². The smallest absolute Gasteiger partial charge is 0.141 e. The molecule has 0 saturated heterocycles. The molecule has 0 aliphatic heterocycles. The zero-order valence-electron chi connectivity index (χ0n) is 19.3. The number of hydrogen-bond donors (Lipinski definition) is 0. The van der Waals surface area contributed by atoms with Crippen molar-refractivity contribution in [2.24, 2.45) is 0 Å². The van der Waals surface area contributed by atoms with Crippen LogP contribution in [-0.2, 0) is 6.54 Å². The highest BCUT2D eigenvalue weighted by Crippen LogP contribution is 2.27. The molecular formula is C28H32N2O2. The number of rotatable bonds is 10. The monoisotopic (exact) mass is 428 g/mol. The van der Waals surface area contributed by atoms with Crippen molar-refractivity contribution in [2.45, 2.75) is 45.6 Å². The molecule has 4 aromatic rings. The van der Waals surface area contributed by atoms with Gasteiger partial charge in [-0.05, 0) is 79.3 Å². The summed E-state index contributed by atoms with van der Waals surface area (Å²) in [5, 5.41) is 0. The van der Waals surface area contributed by atoms with Crippen molar-refractivity contribution in [1.82, 2.24) is 9.55 Å². The first-order valence-corrected chi connectivity index (χ1v) is 11.5. The Hall–Kier alpha value is -3.27. The molecule has 1 atom stereocenters. The molecule has 3 aromatic carbocycles. The van der Waals surface area contributed by atoms with Crippen molar-refractivity contribution < 1.29 is 9.47 Å². The van der Waals surface area contributed by atoms with Gasteiger partial charge in [-0.3, -0.25) is 0 Å². The number of imidazole rings is 1. The fraction of sp³-hybridized carbons (Fsp3) is 0.321. The third kappa shape index (κ3) is 4.96. The van der Waals surface area contributed by atoms with Crippen LogP contribution in [0.4, 0.5) is 0 Å². The van der Waals surface area contributed by atoms with Crippen molar-refractivity contribution in [3.05, 3.63) is 78.4 Å². The molecule has 0 amide bonds. The Kier molecular flexibility index (Phi) is 7.10. The van der Waals surface area contributed by atoms with Crippen molar-refractivity contribution in [1.29, 1.82) is 0 Å². The number of aromatic nitrogens is 2. The average Bonchev–Trinajstić information content (AvgIpc) is 3.22. The predicted octanol–water partition coefficient (Wildman–Crippen LogP) is 7.08. The van der Waals surface area contributed by atoms with Crippen molar-refractivity contribution in [3.63, 3.8) is 0 Å². The molecule has 4 heteroatoms. The summed E-state index contributed by atoms with van der Waals surface area (Å²) in [5.41, 5.74) is 4.66. The first kappa shape index (κ1) is 21.9. The van der Waals surface area contributed by atoms with Gasteiger partial charge in [-0.1, -0.05) is 38.1 Å². The van der Waals surface area contributed by atoms with E-state index in [2.05, 4.69) is 73.0 Å². The lowest BCUT2D eigenvalue weighted by Crippen LogP contribution is -2.04. The topological polar surface area (TPSA) is 36.3 Å². The maximum Gasteiger partial charge on any atom is 0.141 e. The lowest BCUT2D eigenvalue weighted by molar-refractivity contribution is 0.303. The maximum atomic E-state index is 5.98. The number of para-hydroxylation sites is 2. The minimum absolute atomic E-state index is 0.592. The molecule has 1 heterocycles. The van der Waals surface area contributed by atoms with Crippen LogP contribution in [0.2, 0.25) is 0 Å². The molecule has 0 N–H and O–H groups in total. The second kappa shape index (κ2) is 10.4. The lowest BCUT2D eigenvalue weighted by Gasteiger charge is -2.12. The molecule has 1 unspecified atom stereocenters. The van der Waals surface area contributed by atoms with Crippen LogP contribution >= 0.6 is 0 Å². The van der Waals surface area contributed by atoms with Crippen LogP contribution in [0.25, 0.3) is 22.4 Å². The number of hydrogen-bond acceptors (Lipinski definition) is 3. The van der Waals surface area contributed by atoms with Crippen LogP contribution in [0.5, 0.6) is 11.5 Å². The normalized spacial score (nSPS) is 12.1. The Bertz CT molecular complexity index is 1130. The van der Waals surface area contributed by atoms with E-state index in [0.717, 1.165) is 54.2 Å². The largest absolute Gasteiger partial charge is 0.497 e. The molecule has 0 radical (unpaired) electrons. The quantitative estimate of drug-likeness (QED) is 0.253. The molecule has 4 rings (SSSR count). The number of nitrogens with zero attached hydrogens (tertiary/aromatic N) is 2. The molecule has 0 aliphatic rings. The van der Waals surface area contributed by atoms with Gasteiger partial charge in [-0.25, -0.2) is 4.98 Å². The molecule has 0 fully saturated rings. The van der Waals surface area contributed by atoms with Crippen LogP contribution in [0.3, 0.4) is 0 Å². The van der Waals surface area contributed by atoms with Gasteiger partial charge in [0.25, 0.3) is 0 Å². The van der Waals surface area contributed by atoms with Crippen LogP contribution in [0.1, 0.15) is 44.6 Å². The van der Waals surface area contributed by atoms with E-state index < -0.39 is 0 Å². The summed E-state index contributed by atoms with van der Waals surface area (Å²) in [4.78, 5) is 4.91. The Balaban J connectivity index is 1.39. The number of methoxy groups -OCH3 is 1. The van der Waals surface area contributed by atoms with E-state index >= 15 is 0 Å². The zero-order valence-corrected chi connectivity index (χ0v) is 19.3. The second-order valence-electron chi connectivity index (χ2n) is 8.24. The Morgan fingerprint density at radius 2 is 1.59 bits per heavy atom. The summed E-state index contributed by atoms with van der Waals surface area (Å²) in [6.07, 6.45) is 3.16. The zero-order chi connectivity index (χ0) is 22.3. The molecule has 0 saturated carbocycles. The van der Waals surface area contributed by atoms with Crippen LogP contribution < -0.4 is 9.47 Å². The van der Waals surface area contributed by atoms with Gasteiger partial charge in [0.1, 0.15) is 17.3 Å². The third-order valence-electron chi connectivity index (χ3n) is 6.11. The number of fused-ring (bicyclic) bond motifs is 1. The molecular weight excluding hydrogens is 396 g/mol. The maximum absolute atomic E-state index is 5.98. The van der Waals surface area contributed by atoms with Crippen LogP contribution in [0, 0.1) is 0 Å². The molecule has 166 valence electrons. The lowest BCUT2D eigenvalue weighted by atomic mass is 9.99. The third-order valence-corrected chi connectivity index (χ3v) is 6.11. The van der Waals surface area contributed by atoms with Gasteiger partial charge in [-0.2, -0.15) is 0 Å². The van der Waals surface area contributed by atoms with E-state index in [1.807, 2.05) is 18.2 Å². The molecule has 32 heavy (non-hydrogen) atoms. The SMILES string of the molecule is CCC(C)c1ccc(OCCCCn2c(-c3ccc(OC)cc3)nc3ccccc32)cc1. The van der Waals surface area contributed by atoms with Gasteiger partial charge < -0.3 is 14.0 Å². The van der Waals surface area contributed by atoms with Crippen molar-refractivity contribution in [3.8, 4) is 22.9 Å². The van der Waals surface area contributed by atoms with Crippen molar-refractivity contribution >= 4 is 11.0 Å². The van der Waals surface area contributed by atoms with Crippen LogP contribution in [0.15, 0.2) is 72.8 Å². The molecule has 0 bridgehead atoms. The molecule has 4 nitrogen and oxygen atoms in total. The van der Waals surface area contributed by atoms with Gasteiger partial charge >= 0.3 is 0 Å². The fourth-order valence-corrected chi connectivity index (χ4v) is 3.95. The van der Waals surface area contributed by atoms with E-state index in [1.165, 1.54) is 11.1 Å². The summed E-state index contributed by atoms with van der Waals surface area (Å²) in [5.74, 6) is 3.39. The van der Waals surface area contributed by atoms with Gasteiger partial charge in [0.2, 0.25) is 0 Å². The Morgan fingerprint density at radius 1 is 0.875 bits per heavy atom. The predicted molar refractivity (Wildman–Crippen MR) is 132 cm³/mol. The van der Waals surface area contributed by atoms with E-state index in [-0.39, 0.29) is 0 Å². The van der Waals surface area contributed by atoms with E-state index in [0.29, 0.717) is 12.5 Å². The summed E-state index contributed by atoms with van der Waals surface area (Å²) in [7, 11) is 1.69. The van der Waals surface area contributed by atoms with Gasteiger partial charge in [0, 0.05) is 12.1 Å². The number of aryl methyl sites for hydroxylation is 1. The molecule has 1 aromatic heterocycles. The summed E-state index contributed by atoms with van der Waals surface area (Å²) < 4.78 is 13.6. The Morgan fingerprint density at radius 3 is 2.31 bits per heavy atom. The average molecular weight is 429 g/mol. The first-order valence-electron chi connectivity index (χ1n) is 11.5. The highest BCUT2D eigenvalue weighted by atomic mass is 16.5. The molecule has 0 spiro atoms. The van der Waals surface area contributed by atoms with E-state index in [4.69, 9.17) is 14.5 Å². The second-order valence-corrected chi connectivity index (χ2v) is 8.24. The van der Waals surface area contributed by atoms with E-state index in [9.17, 15) is 0 Å². The highest BCUT2D eigenvalue weighted by Gasteiger charge is 2.12. The van der Waals surface area contributed by atoms with Crippen LogP contribution in [-0.4, -0.2) is 23.3 Å². The van der Waals surface area contributed by atoms with Gasteiger partial charge in [0.05, 0.1) is 24.8 Å². The minimum atomic E-state index is 0.592. The summed E-state index contributed by atoms with van der Waals surface area (Å²) >= 11 is 0. The van der Waals surface area contributed by atoms with Gasteiger partial charge in [-0.15, -0.1) is 0 Å². The highest BCUT2D eigenvalue weighted by molar-refractivity contribution is 5.80. The van der Waals surface area contributed by atoms with Crippen molar-refractivity contribution in [2.75, 3.05) is 13.7 Å². The van der Waals surface area contributed by atoms with Gasteiger partial charge in [0.15, 0.2) is 0 Å². The molecule has 0 aliphatic carbocycles. The fourth-order valence-electron chi connectivity index (χ4n) is 3.95.